The third-order valence-electron chi connectivity index (χ3n) is 15.2. The number of amides is 1. The Labute approximate surface area is 276 Å². The fourth-order valence-corrected chi connectivity index (χ4v) is 12.6. The second kappa shape index (κ2) is 11.4. The molecule has 0 bridgehead atoms. The molecule has 1 amide bonds. The van der Waals surface area contributed by atoms with Crippen LogP contribution in [0.3, 0.4) is 0 Å². The van der Waals surface area contributed by atoms with E-state index >= 15 is 0 Å². The van der Waals surface area contributed by atoms with Gasteiger partial charge in [-0.3, -0.25) is 14.4 Å². The Morgan fingerprint density at radius 2 is 1.54 bits per heavy atom. The molecule has 5 aliphatic carbocycles. The van der Waals surface area contributed by atoms with Gasteiger partial charge in [-0.2, -0.15) is 0 Å². The van der Waals surface area contributed by atoms with E-state index < -0.39 is 34.8 Å². The maximum atomic E-state index is 13.0. The normalized spacial score (nSPS) is 42.7. The zero-order chi connectivity index (χ0) is 34.3. The van der Waals surface area contributed by atoms with Crippen molar-refractivity contribution in [1.29, 1.82) is 0 Å². The summed E-state index contributed by atoms with van der Waals surface area (Å²) in [6, 6.07) is 0. The minimum atomic E-state index is -1.16. The number of fused-ring (bicyclic) bond motifs is 7. The van der Waals surface area contributed by atoms with Gasteiger partial charge < -0.3 is 19.9 Å². The van der Waals surface area contributed by atoms with Crippen LogP contribution in [0.4, 0.5) is 0 Å². The lowest BCUT2D eigenvalue weighted by molar-refractivity contribution is -0.246. The van der Waals surface area contributed by atoms with E-state index in [1.54, 1.807) is 13.8 Å². The molecule has 2 N–H and O–H groups in total. The molecule has 0 aromatic rings. The third kappa shape index (κ3) is 5.05. The first-order valence-electron chi connectivity index (χ1n) is 17.7. The summed E-state index contributed by atoms with van der Waals surface area (Å²) in [5, 5.41) is 12.8. The van der Waals surface area contributed by atoms with Crippen molar-refractivity contribution in [1.82, 2.24) is 5.32 Å². The quantitative estimate of drug-likeness (QED) is 0.180. The maximum absolute atomic E-state index is 13.0. The first-order valence-corrected chi connectivity index (χ1v) is 17.7. The van der Waals surface area contributed by atoms with Crippen LogP contribution < -0.4 is 5.32 Å². The molecule has 5 aliphatic rings. The predicted molar refractivity (Wildman–Crippen MR) is 175 cm³/mol. The molecule has 0 aliphatic heterocycles. The number of carboxylic acid groups (broad SMARTS) is 1. The zero-order valence-corrected chi connectivity index (χ0v) is 29.8. The maximum Gasteiger partial charge on any atom is 0.396 e. The topological polar surface area (TPSA) is 119 Å². The van der Waals surface area contributed by atoms with Crippen molar-refractivity contribution in [2.45, 2.75) is 138 Å². The zero-order valence-electron chi connectivity index (χ0n) is 29.8. The van der Waals surface area contributed by atoms with E-state index in [2.05, 4.69) is 53.4 Å². The molecule has 0 saturated heterocycles. The van der Waals surface area contributed by atoms with Crippen molar-refractivity contribution in [3.05, 3.63) is 12.2 Å². The molecule has 5 saturated carbocycles. The number of aliphatic carboxylic acids is 1. The summed E-state index contributed by atoms with van der Waals surface area (Å²) >= 11 is 0. The third-order valence-corrected chi connectivity index (χ3v) is 15.2. The predicted octanol–water partition coefficient (Wildman–Crippen LogP) is 7.10. The fraction of sp³-hybridized carbons (Fsp3) is 0.842. The summed E-state index contributed by atoms with van der Waals surface area (Å²) in [5.74, 6) is -1.00. The van der Waals surface area contributed by atoms with E-state index in [0.717, 1.165) is 64.2 Å². The second-order valence-electron chi connectivity index (χ2n) is 18.0. The van der Waals surface area contributed by atoms with Gasteiger partial charge in [-0.15, -0.1) is 0 Å². The van der Waals surface area contributed by atoms with E-state index in [0.29, 0.717) is 23.7 Å². The van der Waals surface area contributed by atoms with Gasteiger partial charge in [-0.25, -0.2) is 4.79 Å². The molecular weight excluding hydrogens is 582 g/mol. The van der Waals surface area contributed by atoms with Crippen LogP contribution in [0.5, 0.6) is 0 Å². The number of allylic oxidation sites excluding steroid dienone is 1. The van der Waals surface area contributed by atoms with Gasteiger partial charge in [0.2, 0.25) is 0 Å². The van der Waals surface area contributed by atoms with Crippen LogP contribution in [0.2, 0.25) is 0 Å². The Morgan fingerprint density at radius 1 is 0.870 bits per heavy atom. The van der Waals surface area contributed by atoms with Gasteiger partial charge in [0.15, 0.2) is 0 Å². The number of carbonyl (C=O) groups excluding carboxylic acids is 3. The van der Waals surface area contributed by atoms with Crippen LogP contribution in [0.1, 0.15) is 126 Å². The van der Waals surface area contributed by atoms with Crippen molar-refractivity contribution in [3.8, 4) is 0 Å². The van der Waals surface area contributed by atoms with Crippen LogP contribution >= 0.6 is 0 Å². The Morgan fingerprint density at radius 3 is 2.15 bits per heavy atom. The highest BCUT2D eigenvalue weighted by Gasteiger charge is 2.71. The van der Waals surface area contributed by atoms with Crippen LogP contribution in [0, 0.1) is 56.7 Å². The Bertz CT molecular complexity index is 1300. The number of hydrogen-bond acceptors (Lipinski definition) is 6. The molecule has 0 spiro atoms. The van der Waals surface area contributed by atoms with E-state index in [9.17, 15) is 24.3 Å². The van der Waals surface area contributed by atoms with Crippen molar-refractivity contribution in [2.75, 3.05) is 7.11 Å². The summed E-state index contributed by atoms with van der Waals surface area (Å²) in [4.78, 5) is 49.9. The van der Waals surface area contributed by atoms with E-state index in [1.165, 1.54) is 12.7 Å². The molecule has 0 unspecified atom stereocenters. The summed E-state index contributed by atoms with van der Waals surface area (Å²) < 4.78 is 10.9. The fourth-order valence-electron chi connectivity index (χ4n) is 12.6. The number of nitrogens with one attached hydrogen (secondary N) is 1. The first kappa shape index (κ1) is 34.9. The second-order valence-corrected chi connectivity index (χ2v) is 18.0. The SMILES string of the molecule is C=C(C)[C@@H]1CC[C@]2(NC(=O)C(=O)OC)CC[C@]3(C)[C@H](CC[C@@H]4[C@@]5(C)CC[C@H](OC(=O)CC(C)(C)C(=O)O)C(C)(C)[C@@H]5CC[C@]43C)[C@@H]12. The average Bonchev–Trinajstić information content (AvgIpc) is 3.33. The number of carbonyl (C=O) groups is 4. The van der Waals surface area contributed by atoms with Crippen molar-refractivity contribution in [2.24, 2.45) is 56.7 Å². The van der Waals surface area contributed by atoms with Crippen LogP contribution in [0.15, 0.2) is 12.2 Å². The van der Waals surface area contributed by atoms with Gasteiger partial charge in [0.25, 0.3) is 0 Å². The Kier molecular flexibility index (Phi) is 8.63. The van der Waals surface area contributed by atoms with Gasteiger partial charge in [-0.05, 0) is 131 Å². The number of methoxy groups -OCH3 is 1. The smallest absolute Gasteiger partial charge is 0.396 e. The molecule has 5 rings (SSSR count). The molecule has 5 fully saturated rings. The number of ether oxygens (including phenoxy) is 2. The van der Waals surface area contributed by atoms with Gasteiger partial charge in [-0.1, -0.05) is 46.8 Å². The lowest BCUT2D eigenvalue weighted by Gasteiger charge is -2.73. The summed E-state index contributed by atoms with van der Waals surface area (Å²) in [7, 11) is 1.26. The summed E-state index contributed by atoms with van der Waals surface area (Å²) in [5.41, 5.74) is -0.367. The molecule has 10 atom stereocenters. The largest absolute Gasteiger partial charge is 0.481 e. The minimum Gasteiger partial charge on any atom is -0.481 e. The molecule has 258 valence electrons. The number of hydrogen-bond donors (Lipinski definition) is 2. The molecule has 0 aromatic heterocycles. The monoisotopic (exact) mass is 641 g/mol. The number of esters is 2. The molecule has 8 nitrogen and oxygen atoms in total. The highest BCUT2D eigenvalue weighted by Crippen LogP contribution is 2.76. The summed E-state index contributed by atoms with van der Waals surface area (Å²) in [6.07, 6.45) is 9.49. The van der Waals surface area contributed by atoms with Crippen LogP contribution in [0.25, 0.3) is 0 Å². The van der Waals surface area contributed by atoms with Gasteiger partial charge >= 0.3 is 23.8 Å². The lowest BCUT2D eigenvalue weighted by atomic mass is 9.32. The summed E-state index contributed by atoms with van der Waals surface area (Å²) in [6.45, 7) is 21.8. The molecule has 8 heteroatoms. The van der Waals surface area contributed by atoms with Crippen molar-refractivity contribution in [3.63, 3.8) is 0 Å². The standard InChI is InChI=1S/C38H59NO7/c1-22(2)23-13-18-38(39-30(41)31(42)45-10)20-19-36(8)24(29(23)38)11-12-26-35(7)16-15-27(46-28(40)21-33(3,4)32(43)44)34(5,6)25(35)14-17-37(26,36)9/h23-27,29H,1,11-21H2,2-10H3,(H,39,41)(H,43,44)/t23-,24+,25-,26+,27-,29+,35-,36+,37+,38-/m0/s1. The number of carboxylic acids is 1. The highest BCUT2D eigenvalue weighted by molar-refractivity contribution is 6.32. The first-order chi connectivity index (χ1) is 21.2. The number of rotatable bonds is 6. The van der Waals surface area contributed by atoms with Gasteiger partial charge in [0.05, 0.1) is 18.9 Å². The Balaban J connectivity index is 1.42. The molecule has 46 heavy (non-hydrogen) atoms. The molecule has 0 heterocycles. The van der Waals surface area contributed by atoms with E-state index in [4.69, 9.17) is 9.47 Å². The van der Waals surface area contributed by atoms with Crippen molar-refractivity contribution < 1.29 is 33.8 Å². The molecule has 0 radical (unpaired) electrons. The lowest BCUT2D eigenvalue weighted by Crippen LogP contribution is -2.69. The van der Waals surface area contributed by atoms with E-state index in [1.807, 2.05) is 0 Å². The van der Waals surface area contributed by atoms with Gasteiger partial charge in [0, 0.05) is 11.0 Å². The van der Waals surface area contributed by atoms with E-state index in [-0.39, 0.29) is 40.1 Å². The van der Waals surface area contributed by atoms with Crippen LogP contribution in [-0.4, -0.2) is 47.7 Å². The van der Waals surface area contributed by atoms with Crippen LogP contribution in [-0.2, 0) is 28.7 Å². The molecular formula is C38H59NO7. The highest BCUT2D eigenvalue weighted by atomic mass is 16.5. The molecule has 0 aromatic carbocycles. The minimum absolute atomic E-state index is 0.0714. The Hall–Kier alpha value is -2.38. The average molecular weight is 642 g/mol. The van der Waals surface area contributed by atoms with Crippen molar-refractivity contribution >= 4 is 23.8 Å². The van der Waals surface area contributed by atoms with Gasteiger partial charge in [0.1, 0.15) is 6.10 Å².